The van der Waals surface area contributed by atoms with Crippen LogP contribution in [0.25, 0.3) is 0 Å². The minimum atomic E-state index is -0.597. The van der Waals surface area contributed by atoms with Gasteiger partial charge in [-0.25, -0.2) is 0 Å². The molecule has 2 aromatic rings. The summed E-state index contributed by atoms with van der Waals surface area (Å²) in [6, 6.07) is 18.3. The predicted octanol–water partition coefficient (Wildman–Crippen LogP) is 5.71. The summed E-state index contributed by atoms with van der Waals surface area (Å²) in [5, 5.41) is 5.39. The Balaban J connectivity index is 0.000000575. The highest BCUT2D eigenvalue weighted by Crippen LogP contribution is 2.11. The molecule has 0 radical (unpaired) electrons. The summed E-state index contributed by atoms with van der Waals surface area (Å²) in [5.41, 5.74) is 1.44. The van der Waals surface area contributed by atoms with E-state index in [1.165, 1.54) is 0 Å². The number of ketones is 3. The van der Waals surface area contributed by atoms with E-state index in [-0.39, 0.29) is 47.4 Å². The SMILES string of the molecule is CC(C)C(=O)C(C)C(=O)Nc1ccccc1.CC(C)C(=O)CC(=O)Nc1ccccc1.CCC(C)=O. The highest BCUT2D eigenvalue weighted by molar-refractivity contribution is 6.07. The van der Waals surface area contributed by atoms with Crippen molar-refractivity contribution in [3.8, 4) is 0 Å². The smallest absolute Gasteiger partial charge is 0.234 e. The molecule has 2 amide bonds. The normalized spacial score (nSPS) is 10.7. The van der Waals surface area contributed by atoms with Crippen LogP contribution in [0.15, 0.2) is 60.7 Å². The number of Topliss-reactive ketones (excluding diaryl/α,β-unsaturated/α-hetero) is 3. The number of hydrogen-bond acceptors (Lipinski definition) is 5. The van der Waals surface area contributed by atoms with Gasteiger partial charge in [-0.15, -0.1) is 0 Å². The fourth-order valence-corrected chi connectivity index (χ4v) is 2.49. The van der Waals surface area contributed by atoms with Crippen molar-refractivity contribution >= 4 is 40.5 Å². The molecule has 7 nitrogen and oxygen atoms in total. The Morgan fingerprint density at radius 1 is 0.694 bits per heavy atom. The first kappa shape index (κ1) is 32.4. The lowest BCUT2D eigenvalue weighted by atomic mass is 9.96. The van der Waals surface area contributed by atoms with Gasteiger partial charge in [0.1, 0.15) is 17.3 Å². The van der Waals surface area contributed by atoms with E-state index in [4.69, 9.17) is 0 Å². The molecule has 196 valence electrons. The summed E-state index contributed by atoms with van der Waals surface area (Å²) in [6.07, 6.45) is 0.618. The van der Waals surface area contributed by atoms with Gasteiger partial charge >= 0.3 is 0 Å². The largest absolute Gasteiger partial charge is 0.326 e. The van der Waals surface area contributed by atoms with E-state index >= 15 is 0 Å². The van der Waals surface area contributed by atoms with Crippen LogP contribution in [0.3, 0.4) is 0 Å². The van der Waals surface area contributed by atoms with Gasteiger partial charge in [-0.05, 0) is 38.1 Å². The molecule has 0 aromatic heterocycles. The van der Waals surface area contributed by atoms with Crippen molar-refractivity contribution in [1.29, 1.82) is 0 Å². The molecule has 2 N–H and O–H groups in total. The molecule has 36 heavy (non-hydrogen) atoms. The minimum Gasteiger partial charge on any atom is -0.326 e. The molecular weight excluding hydrogens is 456 g/mol. The minimum absolute atomic E-state index is 0.0339. The second-order valence-electron chi connectivity index (χ2n) is 8.90. The molecule has 2 aromatic carbocycles. The maximum Gasteiger partial charge on any atom is 0.234 e. The lowest BCUT2D eigenvalue weighted by Crippen LogP contribution is -2.29. The van der Waals surface area contributed by atoms with Crippen molar-refractivity contribution in [1.82, 2.24) is 0 Å². The average Bonchev–Trinajstić information content (AvgIpc) is 2.84. The standard InChI is InChI=1S/C13H17NO2.C12H15NO2.C4H8O/c1-9(2)12(15)10(3)13(16)14-11-7-5-4-6-8-11;1-9(2)11(14)8-12(15)13-10-6-4-3-5-7-10;1-3-4(2)5/h4-10H,1-3H3,(H,14,16);3-7,9H,8H2,1-2H3,(H,13,15);3H2,1-2H3. The number of rotatable bonds is 9. The van der Waals surface area contributed by atoms with Crippen molar-refractivity contribution in [2.75, 3.05) is 10.6 Å². The number of carbonyl (C=O) groups is 5. The third-order valence-electron chi connectivity index (χ3n) is 4.96. The average molecular weight is 497 g/mol. The molecule has 0 aliphatic carbocycles. The summed E-state index contributed by atoms with van der Waals surface area (Å²) in [5.74, 6) is -1.12. The van der Waals surface area contributed by atoms with Gasteiger partial charge in [0.15, 0.2) is 0 Å². The third-order valence-corrected chi connectivity index (χ3v) is 4.96. The van der Waals surface area contributed by atoms with E-state index in [2.05, 4.69) is 10.6 Å². The first-order valence-electron chi connectivity index (χ1n) is 12.2. The van der Waals surface area contributed by atoms with Crippen LogP contribution in [0.4, 0.5) is 11.4 Å². The van der Waals surface area contributed by atoms with Gasteiger partial charge in [0.05, 0.1) is 12.3 Å². The zero-order valence-corrected chi connectivity index (χ0v) is 22.5. The molecule has 0 bridgehead atoms. The summed E-state index contributed by atoms with van der Waals surface area (Å²) >= 11 is 0. The fraction of sp³-hybridized carbons (Fsp3) is 0.414. The van der Waals surface area contributed by atoms with Crippen molar-refractivity contribution in [3.63, 3.8) is 0 Å². The first-order valence-corrected chi connectivity index (χ1v) is 12.2. The molecule has 0 heterocycles. The molecule has 7 heteroatoms. The Bertz CT molecular complexity index is 970. The zero-order valence-electron chi connectivity index (χ0n) is 22.5. The Morgan fingerprint density at radius 3 is 1.47 bits per heavy atom. The number of amides is 2. The van der Waals surface area contributed by atoms with Gasteiger partial charge in [0, 0.05) is 29.6 Å². The summed E-state index contributed by atoms with van der Waals surface area (Å²) < 4.78 is 0. The number of carbonyl (C=O) groups excluding carboxylic acids is 5. The molecule has 0 aliphatic rings. The molecule has 0 spiro atoms. The van der Waals surface area contributed by atoms with E-state index in [1.54, 1.807) is 65.8 Å². The lowest BCUT2D eigenvalue weighted by Gasteiger charge is -2.13. The van der Waals surface area contributed by atoms with Crippen LogP contribution in [0.2, 0.25) is 0 Å². The van der Waals surface area contributed by atoms with Crippen LogP contribution >= 0.6 is 0 Å². The predicted molar refractivity (Wildman–Crippen MR) is 145 cm³/mol. The summed E-state index contributed by atoms with van der Waals surface area (Å²) in [6.45, 7) is 12.3. The van der Waals surface area contributed by atoms with Crippen LogP contribution in [0.5, 0.6) is 0 Å². The van der Waals surface area contributed by atoms with Crippen LogP contribution in [0.1, 0.15) is 61.3 Å². The van der Waals surface area contributed by atoms with Gasteiger partial charge < -0.3 is 15.4 Å². The van der Waals surface area contributed by atoms with Gasteiger partial charge in [0.25, 0.3) is 0 Å². The van der Waals surface area contributed by atoms with Crippen molar-refractivity contribution < 1.29 is 24.0 Å². The molecule has 2 rings (SSSR count). The molecule has 0 aliphatic heterocycles. The lowest BCUT2D eigenvalue weighted by molar-refractivity contribution is -0.132. The van der Waals surface area contributed by atoms with Gasteiger partial charge in [-0.3, -0.25) is 19.2 Å². The first-order chi connectivity index (χ1) is 16.9. The van der Waals surface area contributed by atoms with Gasteiger partial charge in [-0.1, -0.05) is 71.0 Å². The highest BCUT2D eigenvalue weighted by Gasteiger charge is 2.23. The van der Waals surface area contributed by atoms with Crippen LogP contribution in [-0.2, 0) is 24.0 Å². The molecule has 1 atom stereocenters. The topological polar surface area (TPSA) is 109 Å². The Hall–Kier alpha value is -3.61. The van der Waals surface area contributed by atoms with E-state index in [0.717, 1.165) is 11.4 Å². The second kappa shape index (κ2) is 17.8. The number of benzene rings is 2. The van der Waals surface area contributed by atoms with Crippen LogP contribution in [0, 0.1) is 17.8 Å². The van der Waals surface area contributed by atoms with Gasteiger partial charge in [0.2, 0.25) is 11.8 Å². The number of nitrogens with one attached hydrogen (secondary N) is 2. The van der Waals surface area contributed by atoms with E-state index in [0.29, 0.717) is 6.42 Å². The van der Waals surface area contributed by atoms with Crippen molar-refractivity contribution in [3.05, 3.63) is 60.7 Å². The van der Waals surface area contributed by atoms with E-state index in [9.17, 15) is 24.0 Å². The summed E-state index contributed by atoms with van der Waals surface area (Å²) in [4.78, 5) is 55.8. The molecule has 0 saturated heterocycles. The Labute approximate surface area is 215 Å². The van der Waals surface area contributed by atoms with E-state index in [1.807, 2.05) is 43.3 Å². The van der Waals surface area contributed by atoms with Crippen molar-refractivity contribution in [2.24, 2.45) is 17.8 Å². The Morgan fingerprint density at radius 2 is 1.11 bits per heavy atom. The quantitative estimate of drug-likeness (QED) is 0.432. The molecule has 1 unspecified atom stereocenters. The summed E-state index contributed by atoms with van der Waals surface area (Å²) in [7, 11) is 0. The fourth-order valence-electron chi connectivity index (χ4n) is 2.49. The molecule has 0 fully saturated rings. The maximum absolute atomic E-state index is 11.7. The maximum atomic E-state index is 11.7. The van der Waals surface area contributed by atoms with Crippen molar-refractivity contribution in [2.45, 2.75) is 61.3 Å². The molecule has 0 saturated carbocycles. The second-order valence-corrected chi connectivity index (χ2v) is 8.90. The third kappa shape index (κ3) is 14.6. The Kier molecular flexibility index (Phi) is 16.0. The number of anilines is 2. The highest BCUT2D eigenvalue weighted by atomic mass is 16.2. The van der Waals surface area contributed by atoms with Gasteiger partial charge in [-0.2, -0.15) is 0 Å². The molecular formula is C29H40N2O5. The number of hydrogen-bond donors (Lipinski definition) is 2. The zero-order chi connectivity index (χ0) is 27.7. The van der Waals surface area contributed by atoms with Crippen LogP contribution < -0.4 is 10.6 Å². The van der Waals surface area contributed by atoms with E-state index < -0.39 is 5.92 Å². The monoisotopic (exact) mass is 496 g/mol. The number of para-hydroxylation sites is 2. The van der Waals surface area contributed by atoms with Crippen LogP contribution in [-0.4, -0.2) is 29.2 Å².